The van der Waals surface area contributed by atoms with Crippen LogP contribution in [0.1, 0.15) is 0 Å². The van der Waals surface area contributed by atoms with E-state index in [1.165, 1.54) is 42.4 Å². The lowest BCUT2D eigenvalue weighted by Crippen LogP contribution is -2.00. The van der Waals surface area contributed by atoms with Crippen LogP contribution in [0.25, 0.3) is 110 Å². The Bertz CT molecular complexity index is 3180. The molecule has 3 aromatic heterocycles. The highest BCUT2D eigenvalue weighted by Crippen LogP contribution is 2.38. The molecule has 4 nitrogen and oxygen atoms in total. The number of benzene rings is 8. The van der Waals surface area contributed by atoms with Crippen LogP contribution in [0, 0.1) is 0 Å². The predicted molar refractivity (Wildman–Crippen MR) is 233 cm³/mol. The monoisotopic (exact) mass is 733 g/mol. The second-order valence-corrected chi connectivity index (χ2v) is 15.1. The van der Waals surface area contributed by atoms with Crippen molar-refractivity contribution in [2.45, 2.75) is 0 Å². The lowest BCUT2D eigenvalue weighted by molar-refractivity contribution is 0.669. The van der Waals surface area contributed by atoms with Crippen molar-refractivity contribution >= 4 is 53.4 Å². The van der Waals surface area contributed by atoms with Crippen LogP contribution in [0.4, 0.5) is 0 Å². The fourth-order valence-corrected chi connectivity index (χ4v) is 8.82. The molecule has 56 heavy (non-hydrogen) atoms. The first-order chi connectivity index (χ1) is 27.7. The number of hydrogen-bond acceptors (Lipinski definition) is 5. The summed E-state index contributed by atoms with van der Waals surface area (Å²) in [5.41, 5.74) is 11.5. The van der Waals surface area contributed by atoms with Gasteiger partial charge in [0.2, 0.25) is 0 Å². The van der Waals surface area contributed by atoms with Gasteiger partial charge in [-0.3, -0.25) is 0 Å². The second kappa shape index (κ2) is 13.3. The Hall–Kier alpha value is -7.21. The average molecular weight is 734 g/mol. The maximum atomic E-state index is 6.43. The van der Waals surface area contributed by atoms with Gasteiger partial charge in [0.1, 0.15) is 11.2 Å². The third-order valence-corrected chi connectivity index (χ3v) is 11.7. The minimum atomic E-state index is 0.601. The van der Waals surface area contributed by atoms with Gasteiger partial charge in [0.25, 0.3) is 0 Å². The van der Waals surface area contributed by atoms with Crippen molar-refractivity contribution < 1.29 is 4.42 Å². The first-order valence-electron chi connectivity index (χ1n) is 18.7. The van der Waals surface area contributed by atoms with Crippen LogP contribution < -0.4 is 0 Å². The molecule has 0 saturated carbocycles. The van der Waals surface area contributed by atoms with Gasteiger partial charge in [-0.2, -0.15) is 0 Å². The molecule has 0 aliphatic carbocycles. The number of thiophene rings is 1. The molecule has 0 spiro atoms. The molecule has 0 unspecified atom stereocenters. The Morgan fingerprint density at radius 3 is 1.50 bits per heavy atom. The summed E-state index contributed by atoms with van der Waals surface area (Å²) in [5, 5.41) is 4.77. The highest BCUT2D eigenvalue weighted by molar-refractivity contribution is 7.25. The topological polar surface area (TPSA) is 51.8 Å². The Morgan fingerprint density at radius 1 is 0.286 bits per heavy atom. The van der Waals surface area contributed by atoms with Crippen LogP contribution >= 0.6 is 11.3 Å². The molecule has 11 aromatic rings. The van der Waals surface area contributed by atoms with Crippen molar-refractivity contribution in [3.05, 3.63) is 188 Å². The van der Waals surface area contributed by atoms with Gasteiger partial charge in [-0.15, -0.1) is 11.3 Å². The molecule has 0 atom stereocenters. The molecule has 5 heteroatoms. The summed E-state index contributed by atoms with van der Waals surface area (Å²) in [6, 6.07) is 65.9. The molecule has 8 aromatic carbocycles. The zero-order valence-corrected chi connectivity index (χ0v) is 30.9. The van der Waals surface area contributed by atoms with Gasteiger partial charge >= 0.3 is 0 Å². The van der Waals surface area contributed by atoms with Crippen LogP contribution in [0.15, 0.2) is 192 Å². The van der Waals surface area contributed by atoms with Crippen LogP contribution in [0.2, 0.25) is 0 Å². The summed E-state index contributed by atoms with van der Waals surface area (Å²) >= 11 is 1.86. The molecule has 3 heterocycles. The van der Waals surface area contributed by atoms with Gasteiger partial charge in [0.05, 0.1) is 0 Å². The SMILES string of the molecule is c1ccc(-c2nc(-c3ccccc3)nc(-c3ccc4c(c3)oc3ccc(-c5ccc(-c6cccc(-c7ccc8c(c7)sc7ccccc78)c6)cc5)cc34)n2)cc1. The van der Waals surface area contributed by atoms with Crippen LogP contribution in [0.3, 0.4) is 0 Å². The molecule has 0 aliphatic rings. The van der Waals surface area contributed by atoms with E-state index in [9.17, 15) is 0 Å². The van der Waals surface area contributed by atoms with Crippen molar-refractivity contribution in [3.8, 4) is 67.5 Å². The fourth-order valence-electron chi connectivity index (χ4n) is 7.67. The van der Waals surface area contributed by atoms with E-state index in [4.69, 9.17) is 19.4 Å². The van der Waals surface area contributed by atoms with E-state index in [2.05, 4.69) is 121 Å². The molecule has 11 rings (SSSR count). The minimum absolute atomic E-state index is 0.601. The molecule has 262 valence electrons. The van der Waals surface area contributed by atoms with Gasteiger partial charge in [-0.25, -0.2) is 15.0 Å². The number of nitrogens with zero attached hydrogens (tertiary/aromatic N) is 3. The minimum Gasteiger partial charge on any atom is -0.456 e. The van der Waals surface area contributed by atoms with E-state index in [0.717, 1.165) is 49.8 Å². The average Bonchev–Trinajstić information content (AvgIpc) is 3.84. The van der Waals surface area contributed by atoms with Crippen LogP contribution in [-0.4, -0.2) is 15.0 Å². The first kappa shape index (κ1) is 32.2. The van der Waals surface area contributed by atoms with Gasteiger partial charge in [-0.05, 0) is 75.8 Å². The Morgan fingerprint density at radius 2 is 0.786 bits per heavy atom. The van der Waals surface area contributed by atoms with E-state index >= 15 is 0 Å². The van der Waals surface area contributed by atoms with E-state index in [1.54, 1.807) is 0 Å². The highest BCUT2D eigenvalue weighted by atomic mass is 32.1. The van der Waals surface area contributed by atoms with Gasteiger partial charge < -0.3 is 4.42 Å². The Balaban J connectivity index is 0.900. The van der Waals surface area contributed by atoms with Crippen LogP contribution in [0.5, 0.6) is 0 Å². The van der Waals surface area contributed by atoms with E-state index < -0.39 is 0 Å². The number of furan rings is 1. The predicted octanol–water partition coefficient (Wildman–Crippen LogP) is 14.1. The normalized spacial score (nSPS) is 11.6. The largest absolute Gasteiger partial charge is 0.456 e. The van der Waals surface area contributed by atoms with Crippen molar-refractivity contribution in [2.24, 2.45) is 0 Å². The number of hydrogen-bond donors (Lipinski definition) is 0. The molecule has 0 amide bonds. The molecule has 0 fully saturated rings. The zero-order valence-electron chi connectivity index (χ0n) is 30.1. The van der Waals surface area contributed by atoms with Crippen molar-refractivity contribution in [1.29, 1.82) is 0 Å². The summed E-state index contributed by atoms with van der Waals surface area (Å²) in [4.78, 5) is 14.7. The summed E-state index contributed by atoms with van der Waals surface area (Å²) < 4.78 is 9.07. The summed E-state index contributed by atoms with van der Waals surface area (Å²) in [6.07, 6.45) is 0. The van der Waals surface area contributed by atoms with Gasteiger partial charge in [0, 0.05) is 47.6 Å². The maximum absolute atomic E-state index is 6.43. The number of aromatic nitrogens is 3. The standard InChI is InChI=1S/C51H31N3OS/c1-3-10-34(11-4-1)49-52-50(35-12-5-2-6-13-35)54-51(53-49)40-23-25-41-44-29-38(24-27-45(44)55-46(41)30-40)33-20-18-32(19-21-33)36-14-9-15-37(28-36)39-22-26-43-42-16-7-8-17-47(42)56-48(43)31-39/h1-31H. The second-order valence-electron chi connectivity index (χ2n) is 14.0. The molecular formula is C51H31N3OS. The smallest absolute Gasteiger partial charge is 0.164 e. The highest BCUT2D eigenvalue weighted by Gasteiger charge is 2.15. The number of rotatable bonds is 6. The van der Waals surface area contributed by atoms with Gasteiger partial charge in [-0.1, -0.05) is 146 Å². The number of fused-ring (bicyclic) bond motifs is 6. The summed E-state index contributed by atoms with van der Waals surface area (Å²) in [5.74, 6) is 1.86. The first-order valence-corrected chi connectivity index (χ1v) is 19.5. The third kappa shape index (κ3) is 5.74. The molecular weight excluding hydrogens is 703 g/mol. The summed E-state index contributed by atoms with van der Waals surface area (Å²) in [6.45, 7) is 0. The van der Waals surface area contributed by atoms with E-state index in [1.807, 2.05) is 78.1 Å². The van der Waals surface area contributed by atoms with Crippen molar-refractivity contribution in [1.82, 2.24) is 15.0 Å². The van der Waals surface area contributed by atoms with Crippen molar-refractivity contribution in [2.75, 3.05) is 0 Å². The van der Waals surface area contributed by atoms with E-state index in [0.29, 0.717) is 17.5 Å². The molecule has 0 radical (unpaired) electrons. The quantitative estimate of drug-likeness (QED) is 0.171. The zero-order chi connectivity index (χ0) is 37.0. The third-order valence-electron chi connectivity index (χ3n) is 10.6. The lowest BCUT2D eigenvalue weighted by Gasteiger charge is -2.08. The van der Waals surface area contributed by atoms with Crippen molar-refractivity contribution in [3.63, 3.8) is 0 Å². The fraction of sp³-hybridized carbons (Fsp3) is 0. The maximum Gasteiger partial charge on any atom is 0.164 e. The summed E-state index contributed by atoms with van der Waals surface area (Å²) in [7, 11) is 0. The van der Waals surface area contributed by atoms with Gasteiger partial charge in [0.15, 0.2) is 17.5 Å². The molecule has 0 aliphatic heterocycles. The Labute approximate surface area is 327 Å². The molecule has 0 saturated heterocycles. The lowest BCUT2D eigenvalue weighted by atomic mass is 9.96. The molecule has 0 N–H and O–H groups in total. The molecule has 0 bridgehead atoms. The van der Waals surface area contributed by atoms with Crippen LogP contribution in [-0.2, 0) is 0 Å². The Kier molecular flexibility index (Phi) is 7.64. The van der Waals surface area contributed by atoms with E-state index in [-0.39, 0.29) is 0 Å².